The van der Waals surface area contributed by atoms with Crippen molar-refractivity contribution in [2.45, 2.75) is 39.9 Å². The first-order chi connectivity index (χ1) is 9.21. The fourth-order valence-electron chi connectivity index (χ4n) is 2.17. The number of benzene rings is 1. The van der Waals surface area contributed by atoms with Crippen molar-refractivity contribution in [2.75, 3.05) is 26.8 Å². The quantitative estimate of drug-likeness (QED) is 0.742. The van der Waals surface area contributed by atoms with Crippen molar-refractivity contribution in [3.63, 3.8) is 0 Å². The van der Waals surface area contributed by atoms with Gasteiger partial charge in [-0.3, -0.25) is 4.90 Å². The van der Waals surface area contributed by atoms with Crippen molar-refractivity contribution in [1.82, 2.24) is 10.2 Å². The van der Waals surface area contributed by atoms with Gasteiger partial charge in [-0.1, -0.05) is 38.1 Å². The van der Waals surface area contributed by atoms with E-state index in [0.29, 0.717) is 6.04 Å². The van der Waals surface area contributed by atoms with E-state index in [0.717, 1.165) is 32.8 Å². The van der Waals surface area contributed by atoms with Crippen LogP contribution in [0.15, 0.2) is 24.3 Å². The van der Waals surface area contributed by atoms with Gasteiger partial charge >= 0.3 is 0 Å². The molecule has 0 aliphatic carbocycles. The monoisotopic (exact) mass is 264 g/mol. The first-order valence-corrected chi connectivity index (χ1v) is 7.22. The van der Waals surface area contributed by atoms with Crippen LogP contribution >= 0.6 is 0 Å². The molecule has 0 heterocycles. The Morgan fingerprint density at radius 3 is 2.37 bits per heavy atom. The molecule has 0 fully saturated rings. The molecule has 19 heavy (non-hydrogen) atoms. The summed E-state index contributed by atoms with van der Waals surface area (Å²) in [6.07, 6.45) is 0. The Bertz CT molecular complexity index is 350. The van der Waals surface area contributed by atoms with E-state index >= 15 is 0 Å². The zero-order chi connectivity index (χ0) is 14.1. The highest BCUT2D eigenvalue weighted by molar-refractivity contribution is 5.27. The van der Waals surface area contributed by atoms with Crippen molar-refractivity contribution in [3.8, 4) is 0 Å². The maximum Gasteiger partial charge on any atom is 0.0613 e. The van der Waals surface area contributed by atoms with Crippen molar-refractivity contribution in [3.05, 3.63) is 35.4 Å². The number of nitrogens with one attached hydrogen (secondary N) is 1. The van der Waals surface area contributed by atoms with Gasteiger partial charge in [0.1, 0.15) is 0 Å². The molecule has 3 heteroatoms. The normalized spacial score (nSPS) is 12.9. The van der Waals surface area contributed by atoms with Crippen LogP contribution < -0.4 is 5.32 Å². The molecule has 1 rings (SSSR count). The minimum Gasteiger partial charge on any atom is -0.383 e. The van der Waals surface area contributed by atoms with Crippen LogP contribution in [-0.4, -0.2) is 37.7 Å². The number of ether oxygens (including phenoxy) is 1. The molecule has 0 bridgehead atoms. The smallest absolute Gasteiger partial charge is 0.0613 e. The molecule has 0 aromatic heterocycles. The van der Waals surface area contributed by atoms with Gasteiger partial charge in [0.25, 0.3) is 0 Å². The van der Waals surface area contributed by atoms with E-state index in [4.69, 9.17) is 4.74 Å². The minimum atomic E-state index is 0.381. The Morgan fingerprint density at radius 2 is 1.79 bits per heavy atom. The summed E-state index contributed by atoms with van der Waals surface area (Å²) in [5.41, 5.74) is 2.81. The maximum atomic E-state index is 5.15. The summed E-state index contributed by atoms with van der Waals surface area (Å²) in [4.78, 5) is 2.44. The molecule has 0 spiro atoms. The molecular formula is C16H28N2O. The van der Waals surface area contributed by atoms with Gasteiger partial charge in [0.15, 0.2) is 0 Å². The third kappa shape index (κ3) is 5.72. The Kier molecular flexibility index (Phi) is 7.72. The molecule has 0 saturated heterocycles. The van der Waals surface area contributed by atoms with Gasteiger partial charge in [0.05, 0.1) is 6.61 Å². The van der Waals surface area contributed by atoms with Crippen LogP contribution in [0.3, 0.4) is 0 Å². The summed E-state index contributed by atoms with van der Waals surface area (Å²) in [6.45, 7) is 11.5. The Labute approximate surface area is 118 Å². The fraction of sp³-hybridized carbons (Fsp3) is 0.625. The van der Waals surface area contributed by atoms with Crippen molar-refractivity contribution in [1.29, 1.82) is 0 Å². The van der Waals surface area contributed by atoms with Crippen LogP contribution in [0.1, 0.15) is 31.9 Å². The fourth-order valence-corrected chi connectivity index (χ4v) is 2.17. The Balaban J connectivity index is 2.62. The van der Waals surface area contributed by atoms with Crippen LogP contribution in [0.25, 0.3) is 0 Å². The third-order valence-electron chi connectivity index (χ3n) is 3.46. The molecule has 1 aromatic rings. The molecule has 0 radical (unpaired) electrons. The summed E-state index contributed by atoms with van der Waals surface area (Å²) < 4.78 is 5.15. The molecule has 0 aliphatic rings. The van der Waals surface area contributed by atoms with Gasteiger partial charge in [0, 0.05) is 26.2 Å². The largest absolute Gasteiger partial charge is 0.383 e. The van der Waals surface area contributed by atoms with Crippen molar-refractivity contribution in [2.24, 2.45) is 0 Å². The van der Waals surface area contributed by atoms with Crippen LogP contribution in [0.2, 0.25) is 0 Å². The third-order valence-corrected chi connectivity index (χ3v) is 3.46. The Hall–Kier alpha value is -0.900. The van der Waals surface area contributed by atoms with Gasteiger partial charge in [-0.05, 0) is 31.1 Å². The number of methoxy groups -OCH3 is 1. The van der Waals surface area contributed by atoms with E-state index in [1.807, 2.05) is 0 Å². The lowest BCUT2D eigenvalue weighted by atomic mass is 10.1. The number of nitrogens with zero attached hydrogens (tertiary/aromatic N) is 1. The van der Waals surface area contributed by atoms with Crippen molar-refractivity contribution < 1.29 is 4.74 Å². The molecular weight excluding hydrogens is 236 g/mol. The Morgan fingerprint density at radius 1 is 1.16 bits per heavy atom. The molecule has 1 unspecified atom stereocenters. The summed E-state index contributed by atoms with van der Waals surface area (Å²) in [6, 6.07) is 9.07. The van der Waals surface area contributed by atoms with E-state index in [9.17, 15) is 0 Å². The lowest BCUT2D eigenvalue weighted by Crippen LogP contribution is -2.30. The molecule has 1 atom stereocenters. The molecule has 0 amide bonds. The summed E-state index contributed by atoms with van der Waals surface area (Å²) in [5.74, 6) is 0. The van der Waals surface area contributed by atoms with Crippen LogP contribution in [0.4, 0.5) is 0 Å². The summed E-state index contributed by atoms with van der Waals surface area (Å²) in [5, 5.41) is 3.51. The average molecular weight is 264 g/mol. The van der Waals surface area contributed by atoms with E-state index in [1.165, 1.54) is 11.1 Å². The molecule has 1 N–H and O–H groups in total. The van der Waals surface area contributed by atoms with Gasteiger partial charge in [0.2, 0.25) is 0 Å². The van der Waals surface area contributed by atoms with Gasteiger partial charge < -0.3 is 10.1 Å². The number of hydrogen-bond donors (Lipinski definition) is 1. The molecule has 3 nitrogen and oxygen atoms in total. The second-order valence-electron chi connectivity index (χ2n) is 4.97. The van der Waals surface area contributed by atoms with Gasteiger partial charge in [-0.2, -0.15) is 0 Å². The summed E-state index contributed by atoms with van der Waals surface area (Å²) >= 11 is 0. The number of rotatable bonds is 9. The van der Waals surface area contributed by atoms with Gasteiger partial charge in [-0.25, -0.2) is 0 Å². The van der Waals surface area contributed by atoms with E-state index in [2.05, 4.69) is 55.3 Å². The predicted octanol–water partition coefficient (Wildman–Crippen LogP) is 2.65. The summed E-state index contributed by atoms with van der Waals surface area (Å²) in [7, 11) is 1.74. The lowest BCUT2D eigenvalue weighted by Gasteiger charge is -2.21. The van der Waals surface area contributed by atoms with Crippen molar-refractivity contribution >= 4 is 0 Å². The molecule has 0 aliphatic heterocycles. The topological polar surface area (TPSA) is 24.5 Å². The maximum absolute atomic E-state index is 5.15. The van der Waals surface area contributed by atoms with E-state index in [-0.39, 0.29) is 0 Å². The average Bonchev–Trinajstić information content (AvgIpc) is 2.44. The second-order valence-corrected chi connectivity index (χ2v) is 4.97. The predicted molar refractivity (Wildman–Crippen MR) is 81.2 cm³/mol. The highest BCUT2D eigenvalue weighted by Crippen LogP contribution is 2.12. The molecule has 108 valence electrons. The highest BCUT2D eigenvalue weighted by atomic mass is 16.5. The lowest BCUT2D eigenvalue weighted by molar-refractivity contribution is 0.171. The van der Waals surface area contributed by atoms with Crippen LogP contribution in [0, 0.1) is 0 Å². The first kappa shape index (κ1) is 16.2. The van der Waals surface area contributed by atoms with E-state index < -0.39 is 0 Å². The van der Waals surface area contributed by atoms with E-state index in [1.54, 1.807) is 7.11 Å². The zero-order valence-corrected chi connectivity index (χ0v) is 12.8. The van der Waals surface area contributed by atoms with Gasteiger partial charge in [-0.15, -0.1) is 0 Å². The molecule has 0 saturated carbocycles. The first-order valence-electron chi connectivity index (χ1n) is 7.22. The number of hydrogen-bond acceptors (Lipinski definition) is 3. The van der Waals surface area contributed by atoms with Crippen LogP contribution in [0.5, 0.6) is 0 Å². The standard InChI is InChI=1S/C16H28N2O/c1-5-18(6-2)12-16-10-8-7-9-15(16)11-17-14(3)13-19-4/h7-10,14,17H,5-6,11-13H2,1-4H3. The second kappa shape index (κ2) is 9.08. The van der Waals surface area contributed by atoms with Crippen LogP contribution in [-0.2, 0) is 17.8 Å². The SMILES string of the molecule is CCN(CC)Cc1ccccc1CNC(C)COC. The highest BCUT2D eigenvalue weighted by Gasteiger charge is 2.07. The zero-order valence-electron chi connectivity index (χ0n) is 12.8. The molecule has 1 aromatic carbocycles. The minimum absolute atomic E-state index is 0.381.